The maximum absolute atomic E-state index is 6.09. The summed E-state index contributed by atoms with van der Waals surface area (Å²) >= 11 is 6.09. The molecule has 1 fully saturated rings. The van der Waals surface area contributed by atoms with Crippen LogP contribution in [0.4, 0.5) is 5.69 Å². The zero-order chi connectivity index (χ0) is 15.6. The van der Waals surface area contributed by atoms with Crippen molar-refractivity contribution < 1.29 is 4.74 Å². The number of rotatable bonds is 3. The molecule has 1 aromatic heterocycles. The molecule has 3 aromatic rings. The maximum atomic E-state index is 6.09. The van der Waals surface area contributed by atoms with Crippen molar-refractivity contribution in [3.8, 4) is 5.69 Å². The number of para-hydroxylation sites is 1. The quantitative estimate of drug-likeness (QED) is 0.696. The molecule has 116 valence electrons. The Hall–Kier alpha value is -2.23. The van der Waals surface area contributed by atoms with Crippen molar-refractivity contribution >= 4 is 17.3 Å². The molecule has 0 radical (unpaired) electrons. The number of hydrogen-bond acceptors (Lipinski definition) is 2. The largest absolute Gasteiger partial charge is 0.352 e. The molecule has 0 spiro atoms. The number of benzene rings is 2. The predicted molar refractivity (Wildman–Crippen MR) is 93.3 cm³/mol. The fraction of sp³-hybridized carbons (Fsp3) is 0.158. The number of halogens is 1. The van der Waals surface area contributed by atoms with Crippen LogP contribution in [-0.4, -0.2) is 17.7 Å². The SMILES string of the molecule is Clc1cccc(-n2ccc([C@H]3OCCN3c3ccccc3)c2)c1. The normalized spacial score (nSPS) is 17.6. The Kier molecular flexibility index (Phi) is 3.82. The van der Waals surface area contributed by atoms with E-state index in [0.717, 1.165) is 29.4 Å². The third-order valence-corrected chi connectivity index (χ3v) is 4.32. The standard InChI is InChI=1S/C19H17ClN2O/c20-16-5-4-8-18(13-16)21-10-9-15(14-21)19-22(11-12-23-19)17-6-2-1-3-7-17/h1-10,13-14,19H,11-12H2/t19-/m1/s1. The lowest BCUT2D eigenvalue weighted by Gasteiger charge is -2.24. The Morgan fingerprint density at radius 3 is 2.61 bits per heavy atom. The minimum Gasteiger partial charge on any atom is -0.352 e. The average Bonchev–Trinajstić information content (AvgIpc) is 3.25. The van der Waals surface area contributed by atoms with Crippen LogP contribution < -0.4 is 4.90 Å². The van der Waals surface area contributed by atoms with Gasteiger partial charge in [0.05, 0.1) is 6.61 Å². The van der Waals surface area contributed by atoms with Gasteiger partial charge in [-0.3, -0.25) is 0 Å². The summed E-state index contributed by atoms with van der Waals surface area (Å²) in [6.45, 7) is 1.64. The molecule has 2 aromatic carbocycles. The molecular formula is C19H17ClN2O. The van der Waals surface area contributed by atoms with E-state index < -0.39 is 0 Å². The smallest absolute Gasteiger partial charge is 0.158 e. The first-order valence-corrected chi connectivity index (χ1v) is 8.06. The summed E-state index contributed by atoms with van der Waals surface area (Å²) in [5, 5.41) is 0.737. The van der Waals surface area contributed by atoms with E-state index in [9.17, 15) is 0 Å². The molecule has 1 saturated heterocycles. The van der Waals surface area contributed by atoms with Gasteiger partial charge in [0.15, 0.2) is 6.23 Å². The van der Waals surface area contributed by atoms with Gasteiger partial charge in [-0.25, -0.2) is 0 Å². The summed E-state index contributed by atoms with van der Waals surface area (Å²) in [5.74, 6) is 0. The monoisotopic (exact) mass is 324 g/mol. The van der Waals surface area contributed by atoms with Crippen LogP contribution in [0.5, 0.6) is 0 Å². The second-order valence-electron chi connectivity index (χ2n) is 5.58. The second kappa shape index (κ2) is 6.11. The van der Waals surface area contributed by atoms with Gasteiger partial charge in [0.25, 0.3) is 0 Å². The van der Waals surface area contributed by atoms with Crippen LogP contribution in [0.15, 0.2) is 73.1 Å². The molecule has 1 atom stereocenters. The van der Waals surface area contributed by atoms with Crippen LogP contribution in [0, 0.1) is 0 Å². The highest BCUT2D eigenvalue weighted by atomic mass is 35.5. The Morgan fingerprint density at radius 1 is 0.957 bits per heavy atom. The number of anilines is 1. The van der Waals surface area contributed by atoms with Crippen LogP contribution in [-0.2, 0) is 4.74 Å². The molecule has 4 heteroatoms. The van der Waals surface area contributed by atoms with Gasteiger partial charge in [0, 0.05) is 40.9 Å². The van der Waals surface area contributed by atoms with Crippen LogP contribution in [0.2, 0.25) is 5.02 Å². The third kappa shape index (κ3) is 2.85. The molecular weight excluding hydrogens is 308 g/mol. The van der Waals surface area contributed by atoms with Crippen molar-refractivity contribution in [2.45, 2.75) is 6.23 Å². The van der Waals surface area contributed by atoms with E-state index in [1.54, 1.807) is 0 Å². The zero-order valence-electron chi connectivity index (χ0n) is 12.6. The fourth-order valence-corrected chi connectivity index (χ4v) is 3.17. The van der Waals surface area contributed by atoms with E-state index in [0.29, 0.717) is 0 Å². The Bertz CT molecular complexity index is 800. The van der Waals surface area contributed by atoms with Crippen molar-refractivity contribution in [2.24, 2.45) is 0 Å². The second-order valence-corrected chi connectivity index (χ2v) is 6.02. The first-order chi connectivity index (χ1) is 11.3. The van der Waals surface area contributed by atoms with Crippen molar-refractivity contribution in [3.05, 3.63) is 83.6 Å². The highest BCUT2D eigenvalue weighted by Gasteiger charge is 2.27. The van der Waals surface area contributed by atoms with Gasteiger partial charge in [-0.1, -0.05) is 35.9 Å². The molecule has 0 N–H and O–H groups in total. The molecule has 4 rings (SSSR count). The molecule has 1 aliphatic heterocycles. The number of ether oxygens (including phenoxy) is 1. The van der Waals surface area contributed by atoms with Gasteiger partial charge >= 0.3 is 0 Å². The lowest BCUT2D eigenvalue weighted by atomic mass is 10.2. The molecule has 2 heterocycles. The number of hydrogen-bond donors (Lipinski definition) is 0. The van der Waals surface area contributed by atoms with Crippen molar-refractivity contribution in [2.75, 3.05) is 18.1 Å². The van der Waals surface area contributed by atoms with E-state index in [1.165, 1.54) is 5.69 Å². The molecule has 0 saturated carbocycles. The lowest BCUT2D eigenvalue weighted by Crippen LogP contribution is -2.22. The van der Waals surface area contributed by atoms with Gasteiger partial charge < -0.3 is 14.2 Å². The number of nitrogens with zero attached hydrogens (tertiary/aromatic N) is 2. The highest BCUT2D eigenvalue weighted by molar-refractivity contribution is 6.30. The Morgan fingerprint density at radius 2 is 1.78 bits per heavy atom. The van der Waals surface area contributed by atoms with Crippen molar-refractivity contribution in [1.29, 1.82) is 0 Å². The third-order valence-electron chi connectivity index (χ3n) is 4.09. The van der Waals surface area contributed by atoms with Gasteiger partial charge in [-0.15, -0.1) is 0 Å². The number of aromatic nitrogens is 1. The topological polar surface area (TPSA) is 17.4 Å². The first kappa shape index (κ1) is 14.4. The molecule has 0 unspecified atom stereocenters. The van der Waals surface area contributed by atoms with E-state index in [-0.39, 0.29) is 6.23 Å². The van der Waals surface area contributed by atoms with Crippen LogP contribution >= 0.6 is 11.6 Å². The Labute approximate surface area is 140 Å². The average molecular weight is 325 g/mol. The van der Waals surface area contributed by atoms with Gasteiger partial charge in [0.2, 0.25) is 0 Å². The van der Waals surface area contributed by atoms with Crippen molar-refractivity contribution in [1.82, 2.24) is 4.57 Å². The van der Waals surface area contributed by atoms with Crippen molar-refractivity contribution in [3.63, 3.8) is 0 Å². The summed E-state index contributed by atoms with van der Waals surface area (Å²) in [7, 11) is 0. The summed E-state index contributed by atoms with van der Waals surface area (Å²) in [4.78, 5) is 2.29. The Balaban J connectivity index is 1.63. The van der Waals surface area contributed by atoms with E-state index >= 15 is 0 Å². The summed E-state index contributed by atoms with van der Waals surface area (Å²) in [6.07, 6.45) is 4.11. The molecule has 23 heavy (non-hydrogen) atoms. The zero-order valence-corrected chi connectivity index (χ0v) is 13.4. The van der Waals surface area contributed by atoms with E-state index in [1.807, 2.05) is 36.5 Å². The predicted octanol–water partition coefficient (Wildman–Crippen LogP) is 4.67. The minimum absolute atomic E-state index is 0.0437. The maximum Gasteiger partial charge on any atom is 0.158 e. The molecule has 1 aliphatic rings. The molecule has 3 nitrogen and oxygen atoms in total. The summed E-state index contributed by atoms with van der Waals surface area (Å²) < 4.78 is 8.04. The van der Waals surface area contributed by atoms with Crippen LogP contribution in [0.3, 0.4) is 0 Å². The fourth-order valence-electron chi connectivity index (χ4n) is 2.99. The van der Waals surface area contributed by atoms with Crippen LogP contribution in [0.1, 0.15) is 11.8 Å². The molecule has 0 bridgehead atoms. The summed E-state index contributed by atoms with van der Waals surface area (Å²) in [5.41, 5.74) is 3.38. The van der Waals surface area contributed by atoms with E-state index in [4.69, 9.17) is 16.3 Å². The minimum atomic E-state index is -0.0437. The van der Waals surface area contributed by atoms with Gasteiger partial charge in [-0.05, 0) is 36.4 Å². The highest BCUT2D eigenvalue weighted by Crippen LogP contribution is 2.32. The molecule has 0 amide bonds. The molecule has 0 aliphatic carbocycles. The van der Waals surface area contributed by atoms with E-state index in [2.05, 4.69) is 46.0 Å². The summed E-state index contributed by atoms with van der Waals surface area (Å²) in [6, 6.07) is 20.3. The van der Waals surface area contributed by atoms with Crippen LogP contribution in [0.25, 0.3) is 5.69 Å². The first-order valence-electron chi connectivity index (χ1n) is 7.68. The lowest BCUT2D eigenvalue weighted by molar-refractivity contribution is 0.114. The van der Waals surface area contributed by atoms with Gasteiger partial charge in [-0.2, -0.15) is 0 Å². The van der Waals surface area contributed by atoms with Gasteiger partial charge in [0.1, 0.15) is 0 Å².